The molecule has 0 fully saturated rings. The van der Waals surface area contributed by atoms with E-state index < -0.39 is 5.97 Å². The molecule has 0 unspecified atom stereocenters. The molecule has 106 valence electrons. The van der Waals surface area contributed by atoms with Crippen LogP contribution in [0.4, 0.5) is 0 Å². The number of carboxylic acids is 1. The van der Waals surface area contributed by atoms with Crippen molar-refractivity contribution in [3.8, 4) is 23.4 Å². The van der Waals surface area contributed by atoms with Gasteiger partial charge in [0.15, 0.2) is 11.5 Å². The molecule has 1 aromatic carbocycles. The van der Waals surface area contributed by atoms with Crippen LogP contribution in [0.1, 0.15) is 15.9 Å². The average molecular weight is 305 g/mol. The summed E-state index contributed by atoms with van der Waals surface area (Å²) in [6.45, 7) is 0. The van der Waals surface area contributed by atoms with Crippen LogP contribution in [0.3, 0.4) is 0 Å². The van der Waals surface area contributed by atoms with Crippen LogP contribution in [0.2, 0.25) is 5.02 Å². The van der Waals surface area contributed by atoms with Crippen molar-refractivity contribution in [3.63, 3.8) is 0 Å². The second kappa shape index (κ2) is 6.11. The number of ether oxygens (including phenoxy) is 2. The molecule has 0 aliphatic rings. The van der Waals surface area contributed by atoms with Gasteiger partial charge >= 0.3 is 5.97 Å². The zero-order chi connectivity index (χ0) is 15.4. The molecule has 0 radical (unpaired) electrons. The Kier molecular flexibility index (Phi) is 4.26. The van der Waals surface area contributed by atoms with Crippen molar-refractivity contribution in [2.45, 2.75) is 0 Å². The van der Waals surface area contributed by atoms with Crippen molar-refractivity contribution in [3.05, 3.63) is 46.6 Å². The first-order chi connectivity index (χ1) is 10.1. The van der Waals surface area contributed by atoms with Gasteiger partial charge in [-0.15, -0.1) is 0 Å². The lowest BCUT2D eigenvalue weighted by molar-refractivity contribution is 0.0693. The topological polar surface area (TPSA) is 92.4 Å². The molecule has 2 rings (SSSR count). The number of nitriles is 1. The minimum atomic E-state index is -1.18. The number of aromatic nitrogens is 1. The first-order valence-corrected chi connectivity index (χ1v) is 6.09. The lowest BCUT2D eigenvalue weighted by atomic mass is 10.2. The quantitative estimate of drug-likeness (QED) is 0.933. The van der Waals surface area contributed by atoms with Crippen LogP contribution in [0.15, 0.2) is 30.5 Å². The fourth-order valence-electron chi connectivity index (χ4n) is 1.63. The Balaban J connectivity index is 2.54. The summed E-state index contributed by atoms with van der Waals surface area (Å²) < 4.78 is 10.5. The van der Waals surface area contributed by atoms with Crippen LogP contribution in [0, 0.1) is 11.3 Å². The van der Waals surface area contributed by atoms with Crippen molar-refractivity contribution in [1.29, 1.82) is 5.26 Å². The van der Waals surface area contributed by atoms with Crippen LogP contribution in [0.25, 0.3) is 0 Å². The Morgan fingerprint density at radius 3 is 2.81 bits per heavy atom. The smallest absolute Gasteiger partial charge is 0.339 e. The van der Waals surface area contributed by atoms with Crippen LogP contribution >= 0.6 is 11.6 Å². The van der Waals surface area contributed by atoms with Crippen LogP contribution in [-0.2, 0) is 0 Å². The number of methoxy groups -OCH3 is 1. The van der Waals surface area contributed by atoms with Crippen LogP contribution in [-0.4, -0.2) is 23.2 Å². The molecule has 2 aromatic rings. The molecule has 1 N–H and O–H groups in total. The van der Waals surface area contributed by atoms with Gasteiger partial charge < -0.3 is 14.6 Å². The minimum absolute atomic E-state index is 0.00208. The number of para-hydroxylation sites is 1. The molecular weight excluding hydrogens is 296 g/mol. The Bertz CT molecular complexity index is 740. The van der Waals surface area contributed by atoms with Gasteiger partial charge in [0.1, 0.15) is 16.7 Å². The number of hydrogen-bond donors (Lipinski definition) is 1. The summed E-state index contributed by atoms with van der Waals surface area (Å²) in [5, 5.41) is 18.1. The summed E-state index contributed by atoms with van der Waals surface area (Å²) in [4.78, 5) is 15.2. The highest BCUT2D eigenvalue weighted by molar-refractivity contribution is 6.33. The summed E-state index contributed by atoms with van der Waals surface area (Å²) >= 11 is 5.99. The average Bonchev–Trinajstić information content (AvgIpc) is 2.49. The number of hydrogen-bond acceptors (Lipinski definition) is 5. The predicted molar refractivity (Wildman–Crippen MR) is 74.0 cm³/mol. The van der Waals surface area contributed by atoms with Crippen LogP contribution < -0.4 is 9.47 Å². The molecule has 6 nitrogen and oxygen atoms in total. The monoisotopic (exact) mass is 304 g/mol. The zero-order valence-corrected chi connectivity index (χ0v) is 11.6. The predicted octanol–water partition coefficient (Wildman–Crippen LogP) is 3.11. The van der Waals surface area contributed by atoms with E-state index in [4.69, 9.17) is 26.3 Å². The Morgan fingerprint density at radius 2 is 2.19 bits per heavy atom. The van der Waals surface area contributed by atoms with Crippen molar-refractivity contribution in [1.82, 2.24) is 4.98 Å². The van der Waals surface area contributed by atoms with Gasteiger partial charge in [-0.1, -0.05) is 17.7 Å². The lowest BCUT2D eigenvalue weighted by Crippen LogP contribution is -2.03. The molecule has 0 saturated carbocycles. The highest BCUT2D eigenvalue weighted by atomic mass is 35.5. The Morgan fingerprint density at radius 1 is 1.43 bits per heavy atom. The number of halogens is 1. The van der Waals surface area contributed by atoms with E-state index in [1.54, 1.807) is 6.07 Å². The van der Waals surface area contributed by atoms with E-state index in [1.807, 2.05) is 6.07 Å². The molecule has 0 aliphatic carbocycles. The largest absolute Gasteiger partial charge is 0.493 e. The molecule has 1 aromatic heterocycles. The first-order valence-electron chi connectivity index (χ1n) is 5.71. The van der Waals surface area contributed by atoms with Crippen molar-refractivity contribution in [2.75, 3.05) is 7.11 Å². The molecule has 0 spiro atoms. The highest BCUT2D eigenvalue weighted by Crippen LogP contribution is 2.37. The van der Waals surface area contributed by atoms with Crippen molar-refractivity contribution in [2.24, 2.45) is 0 Å². The molecule has 0 saturated heterocycles. The highest BCUT2D eigenvalue weighted by Gasteiger charge is 2.19. The maximum atomic E-state index is 11.2. The number of aromatic carboxylic acids is 1. The van der Waals surface area contributed by atoms with E-state index in [1.165, 1.54) is 31.5 Å². The third-order valence-corrected chi connectivity index (χ3v) is 2.97. The van der Waals surface area contributed by atoms with Crippen LogP contribution in [0.5, 0.6) is 17.4 Å². The minimum Gasteiger partial charge on any atom is -0.493 e. The normalized spacial score (nSPS) is 9.76. The number of benzene rings is 1. The lowest BCUT2D eigenvalue weighted by Gasteiger charge is -2.13. The molecule has 0 amide bonds. The molecule has 7 heteroatoms. The first kappa shape index (κ1) is 14.6. The van der Waals surface area contributed by atoms with Gasteiger partial charge in [0, 0.05) is 6.20 Å². The second-order valence-corrected chi connectivity index (χ2v) is 4.21. The summed E-state index contributed by atoms with van der Waals surface area (Å²) in [6, 6.07) is 7.75. The number of rotatable bonds is 4. The van der Waals surface area contributed by atoms with Gasteiger partial charge in [0.05, 0.1) is 12.7 Å². The fourth-order valence-corrected chi connectivity index (χ4v) is 1.82. The molecule has 0 atom stereocenters. The van der Waals surface area contributed by atoms with Gasteiger partial charge in [0.2, 0.25) is 5.88 Å². The number of pyridine rings is 1. The third kappa shape index (κ3) is 2.88. The van der Waals surface area contributed by atoms with E-state index >= 15 is 0 Å². The number of carbonyl (C=O) groups is 1. The third-order valence-electron chi connectivity index (χ3n) is 2.61. The number of nitrogens with zero attached hydrogens (tertiary/aromatic N) is 2. The van der Waals surface area contributed by atoms with E-state index in [0.29, 0.717) is 0 Å². The summed E-state index contributed by atoms with van der Waals surface area (Å²) in [6.07, 6.45) is 1.34. The molecule has 0 aliphatic heterocycles. The van der Waals surface area contributed by atoms with Gasteiger partial charge in [-0.2, -0.15) is 5.26 Å². The Hall–Kier alpha value is -2.78. The van der Waals surface area contributed by atoms with Gasteiger partial charge in [-0.3, -0.25) is 0 Å². The van der Waals surface area contributed by atoms with E-state index in [0.717, 1.165) is 0 Å². The van der Waals surface area contributed by atoms with E-state index in [2.05, 4.69) is 4.98 Å². The summed E-state index contributed by atoms with van der Waals surface area (Å²) in [5.41, 5.74) is 0.0722. The van der Waals surface area contributed by atoms with E-state index in [9.17, 15) is 9.90 Å². The van der Waals surface area contributed by atoms with Crippen molar-refractivity contribution < 1.29 is 19.4 Å². The molecular formula is C14H9ClN2O4. The standard InChI is InChI=1S/C14H9ClN2O4/c1-20-10-4-2-3-9(14(18)19)12(10)21-13-11(15)8(7-16)5-6-17-13/h2-6H,1H3,(H,18,19). The zero-order valence-electron chi connectivity index (χ0n) is 10.8. The Labute approximate surface area is 125 Å². The fraction of sp³-hybridized carbons (Fsp3) is 0.0714. The number of carboxylic acid groups (broad SMARTS) is 1. The SMILES string of the molecule is COc1cccc(C(=O)O)c1Oc1nccc(C#N)c1Cl. The maximum absolute atomic E-state index is 11.2. The molecule has 21 heavy (non-hydrogen) atoms. The van der Waals surface area contributed by atoms with Crippen molar-refractivity contribution >= 4 is 17.6 Å². The molecule has 1 heterocycles. The van der Waals surface area contributed by atoms with Gasteiger partial charge in [-0.05, 0) is 18.2 Å². The summed E-state index contributed by atoms with van der Waals surface area (Å²) in [7, 11) is 1.38. The van der Waals surface area contributed by atoms with Gasteiger partial charge in [-0.25, -0.2) is 9.78 Å². The van der Waals surface area contributed by atoms with E-state index in [-0.39, 0.29) is 33.5 Å². The molecule has 0 bridgehead atoms. The summed E-state index contributed by atoms with van der Waals surface area (Å²) in [5.74, 6) is -1.06. The van der Waals surface area contributed by atoms with Gasteiger partial charge in [0.25, 0.3) is 0 Å². The second-order valence-electron chi connectivity index (χ2n) is 3.83. The maximum Gasteiger partial charge on any atom is 0.339 e.